The molecule has 1 amide bonds. The molecule has 0 radical (unpaired) electrons. The molecule has 1 aromatic carbocycles. The quantitative estimate of drug-likeness (QED) is 0.736. The van der Waals surface area contributed by atoms with Gasteiger partial charge in [-0.3, -0.25) is 4.79 Å². The van der Waals surface area contributed by atoms with E-state index in [2.05, 4.69) is 10.5 Å². The summed E-state index contributed by atoms with van der Waals surface area (Å²) < 4.78 is 5.26. The molecule has 1 aromatic heterocycles. The summed E-state index contributed by atoms with van der Waals surface area (Å²) in [5.41, 5.74) is 9.01. The monoisotopic (exact) mass is 399 g/mol. The van der Waals surface area contributed by atoms with E-state index in [9.17, 15) is 4.79 Å². The number of thioether (sulfide) groups is 1. The van der Waals surface area contributed by atoms with E-state index in [1.54, 1.807) is 11.8 Å². The van der Waals surface area contributed by atoms with Crippen LogP contribution in [0.25, 0.3) is 0 Å². The maximum absolute atomic E-state index is 13.2. The highest BCUT2D eigenvalue weighted by molar-refractivity contribution is 7.98. The van der Waals surface area contributed by atoms with Crippen LogP contribution in [0.4, 0.5) is 0 Å². The average molecular weight is 400 g/mol. The van der Waals surface area contributed by atoms with Crippen LogP contribution in [0, 0.1) is 25.7 Å². The standard InChI is InChI=1S/C22H29N3O2S/c1-13-19(14(2)27-25-13)12-28-20-9-4-3-8-18(20)22(26)24-21-15-6-5-7-16(21)11-17(23)10-15/h3-4,8-9,15-17,21H,5-7,10-12,23H2,1-2H3,(H,24,26). The molecule has 3 N–H and O–H groups in total. The van der Waals surface area contributed by atoms with Crippen molar-refractivity contribution in [3.8, 4) is 0 Å². The average Bonchev–Trinajstić information content (AvgIpc) is 2.99. The molecule has 2 aliphatic carbocycles. The van der Waals surface area contributed by atoms with Crippen molar-refractivity contribution in [3.05, 3.63) is 46.8 Å². The number of nitrogens with two attached hydrogens (primary N) is 1. The predicted molar refractivity (Wildman–Crippen MR) is 111 cm³/mol. The number of amides is 1. The molecule has 0 saturated heterocycles. The highest BCUT2D eigenvalue weighted by atomic mass is 32.2. The van der Waals surface area contributed by atoms with E-state index in [1.165, 1.54) is 19.3 Å². The van der Waals surface area contributed by atoms with Gasteiger partial charge in [-0.05, 0) is 63.5 Å². The molecule has 0 aliphatic heterocycles. The number of nitrogens with one attached hydrogen (secondary N) is 1. The Kier molecular flexibility index (Phi) is 5.78. The van der Waals surface area contributed by atoms with Crippen LogP contribution in [0.1, 0.15) is 59.5 Å². The Morgan fingerprint density at radius 2 is 1.96 bits per heavy atom. The van der Waals surface area contributed by atoms with Gasteiger partial charge >= 0.3 is 0 Å². The summed E-state index contributed by atoms with van der Waals surface area (Å²) in [6, 6.07) is 8.43. The zero-order valence-corrected chi connectivity index (χ0v) is 17.4. The van der Waals surface area contributed by atoms with Gasteiger partial charge in [0.25, 0.3) is 5.91 Å². The zero-order chi connectivity index (χ0) is 19.7. The van der Waals surface area contributed by atoms with Crippen molar-refractivity contribution in [2.45, 2.75) is 68.7 Å². The summed E-state index contributed by atoms with van der Waals surface area (Å²) in [6.07, 6.45) is 5.68. The number of rotatable bonds is 5. The highest BCUT2D eigenvalue weighted by Crippen LogP contribution is 2.40. The maximum Gasteiger partial charge on any atom is 0.252 e. The van der Waals surface area contributed by atoms with E-state index in [4.69, 9.17) is 10.3 Å². The second-order valence-electron chi connectivity index (χ2n) is 8.27. The Bertz CT molecular complexity index is 817. The van der Waals surface area contributed by atoms with Gasteiger partial charge in [-0.1, -0.05) is 23.7 Å². The lowest BCUT2D eigenvalue weighted by Crippen LogP contribution is -2.53. The molecule has 2 aromatic rings. The number of aryl methyl sites for hydroxylation is 2. The first-order valence-corrected chi connectivity index (χ1v) is 11.2. The number of fused-ring (bicyclic) bond motifs is 2. The number of carbonyl (C=O) groups is 1. The number of hydrogen-bond donors (Lipinski definition) is 2. The highest BCUT2D eigenvalue weighted by Gasteiger charge is 2.40. The van der Waals surface area contributed by atoms with Crippen LogP contribution in [-0.2, 0) is 5.75 Å². The summed E-state index contributed by atoms with van der Waals surface area (Å²) in [7, 11) is 0. The Morgan fingerprint density at radius 3 is 2.64 bits per heavy atom. The van der Waals surface area contributed by atoms with Crippen LogP contribution < -0.4 is 11.1 Å². The largest absolute Gasteiger partial charge is 0.361 e. The zero-order valence-electron chi connectivity index (χ0n) is 16.6. The van der Waals surface area contributed by atoms with Crippen molar-refractivity contribution in [2.75, 3.05) is 0 Å². The molecular weight excluding hydrogens is 370 g/mol. The number of hydrogen-bond acceptors (Lipinski definition) is 5. The van der Waals surface area contributed by atoms with Crippen LogP contribution in [0.2, 0.25) is 0 Å². The van der Waals surface area contributed by atoms with Crippen LogP contribution >= 0.6 is 11.8 Å². The lowest BCUT2D eigenvalue weighted by Gasteiger charge is -2.45. The van der Waals surface area contributed by atoms with E-state index in [1.807, 2.05) is 38.1 Å². The molecule has 2 bridgehead atoms. The molecule has 150 valence electrons. The van der Waals surface area contributed by atoms with Gasteiger partial charge in [0, 0.05) is 28.3 Å². The van der Waals surface area contributed by atoms with Gasteiger partial charge in [-0.15, -0.1) is 11.8 Å². The SMILES string of the molecule is Cc1noc(C)c1CSc1ccccc1C(=O)NC1C2CCCC1CC(N)C2. The third-order valence-electron chi connectivity index (χ3n) is 6.36. The van der Waals surface area contributed by atoms with Crippen molar-refractivity contribution in [2.24, 2.45) is 17.6 Å². The topological polar surface area (TPSA) is 81.2 Å². The normalized spacial score (nSPS) is 26.8. The van der Waals surface area contributed by atoms with Crippen molar-refractivity contribution in [1.82, 2.24) is 10.5 Å². The Morgan fingerprint density at radius 1 is 1.25 bits per heavy atom. The summed E-state index contributed by atoms with van der Waals surface area (Å²) in [6.45, 7) is 3.89. The second-order valence-corrected chi connectivity index (χ2v) is 9.29. The Balaban J connectivity index is 1.48. The molecule has 2 unspecified atom stereocenters. The van der Waals surface area contributed by atoms with Gasteiger partial charge in [0.05, 0.1) is 11.3 Å². The van der Waals surface area contributed by atoms with Crippen LogP contribution in [0.3, 0.4) is 0 Å². The lowest BCUT2D eigenvalue weighted by molar-refractivity contribution is 0.0753. The smallest absolute Gasteiger partial charge is 0.252 e. The third kappa shape index (κ3) is 3.98. The minimum Gasteiger partial charge on any atom is -0.361 e. The number of carbonyl (C=O) groups excluding carboxylic acids is 1. The second kappa shape index (κ2) is 8.29. The molecular formula is C22H29N3O2S. The Hall–Kier alpha value is -1.79. The molecule has 2 aliphatic rings. The van der Waals surface area contributed by atoms with Crippen molar-refractivity contribution >= 4 is 17.7 Å². The molecule has 0 spiro atoms. The molecule has 5 nitrogen and oxygen atoms in total. The lowest BCUT2D eigenvalue weighted by atomic mass is 9.67. The fourth-order valence-corrected chi connectivity index (χ4v) is 6.09. The van der Waals surface area contributed by atoms with Gasteiger partial charge in [0.15, 0.2) is 0 Å². The first kappa shape index (κ1) is 19.5. The summed E-state index contributed by atoms with van der Waals surface area (Å²) in [4.78, 5) is 14.2. The molecule has 2 atom stereocenters. The van der Waals surface area contributed by atoms with E-state index in [0.29, 0.717) is 17.9 Å². The molecule has 4 rings (SSSR count). The van der Waals surface area contributed by atoms with Gasteiger partial charge in [0.1, 0.15) is 5.76 Å². The van der Waals surface area contributed by atoms with Crippen molar-refractivity contribution in [1.29, 1.82) is 0 Å². The third-order valence-corrected chi connectivity index (χ3v) is 7.46. The first-order valence-electron chi connectivity index (χ1n) is 10.2. The minimum absolute atomic E-state index is 0.0410. The fourth-order valence-electron chi connectivity index (χ4n) is 4.89. The van der Waals surface area contributed by atoms with Crippen molar-refractivity contribution in [3.63, 3.8) is 0 Å². The van der Waals surface area contributed by atoms with Gasteiger partial charge in [-0.25, -0.2) is 0 Å². The molecule has 1 heterocycles. The van der Waals surface area contributed by atoms with Crippen LogP contribution in [0.5, 0.6) is 0 Å². The molecule has 2 saturated carbocycles. The number of nitrogens with zero attached hydrogens (tertiary/aromatic N) is 1. The minimum atomic E-state index is 0.0410. The van der Waals surface area contributed by atoms with E-state index >= 15 is 0 Å². The fraction of sp³-hybridized carbons (Fsp3) is 0.545. The molecule has 2 fully saturated rings. The van der Waals surface area contributed by atoms with Gasteiger partial charge < -0.3 is 15.6 Å². The van der Waals surface area contributed by atoms with Gasteiger partial charge in [0.2, 0.25) is 0 Å². The number of benzene rings is 1. The molecule has 28 heavy (non-hydrogen) atoms. The predicted octanol–water partition coefficient (Wildman–Crippen LogP) is 4.22. The summed E-state index contributed by atoms with van der Waals surface area (Å²) >= 11 is 1.66. The van der Waals surface area contributed by atoms with E-state index < -0.39 is 0 Å². The van der Waals surface area contributed by atoms with Crippen LogP contribution in [0.15, 0.2) is 33.7 Å². The van der Waals surface area contributed by atoms with Gasteiger partial charge in [-0.2, -0.15) is 0 Å². The first-order chi connectivity index (χ1) is 13.5. The summed E-state index contributed by atoms with van der Waals surface area (Å²) in [5, 5.41) is 7.40. The van der Waals surface area contributed by atoms with E-state index in [0.717, 1.165) is 46.1 Å². The summed E-state index contributed by atoms with van der Waals surface area (Å²) in [5.74, 6) is 2.68. The maximum atomic E-state index is 13.2. The van der Waals surface area contributed by atoms with Crippen molar-refractivity contribution < 1.29 is 9.32 Å². The van der Waals surface area contributed by atoms with Crippen LogP contribution in [-0.4, -0.2) is 23.1 Å². The molecule has 6 heteroatoms. The Labute approximate surface area is 170 Å². The van der Waals surface area contributed by atoms with E-state index in [-0.39, 0.29) is 11.9 Å². The number of aromatic nitrogens is 1.